The van der Waals surface area contributed by atoms with Crippen LogP contribution in [-0.2, 0) is 11.3 Å². The normalized spacial score (nSPS) is 15.8. The molecule has 3 rings (SSSR count). The predicted molar refractivity (Wildman–Crippen MR) is 99.8 cm³/mol. The highest BCUT2D eigenvalue weighted by Gasteiger charge is 2.32. The second-order valence-electron chi connectivity index (χ2n) is 6.71. The van der Waals surface area contributed by atoms with Crippen molar-refractivity contribution in [3.63, 3.8) is 0 Å². The van der Waals surface area contributed by atoms with Gasteiger partial charge in [-0.05, 0) is 42.4 Å². The molecule has 1 aliphatic heterocycles. The van der Waals surface area contributed by atoms with E-state index in [-0.39, 0.29) is 18.3 Å². The molecule has 29 heavy (non-hydrogen) atoms. The second kappa shape index (κ2) is 9.54. The Hall–Kier alpha value is -2.90. The molecule has 0 fully saturated rings. The maximum absolute atomic E-state index is 12.4. The van der Waals surface area contributed by atoms with Crippen molar-refractivity contribution in [2.75, 3.05) is 13.2 Å². The summed E-state index contributed by atoms with van der Waals surface area (Å²) in [5, 5.41) is 2.71. The lowest BCUT2D eigenvalue weighted by molar-refractivity contribution is -0.274. The molecule has 5 nitrogen and oxygen atoms in total. The van der Waals surface area contributed by atoms with Crippen molar-refractivity contribution < 1.29 is 32.2 Å². The van der Waals surface area contributed by atoms with Crippen LogP contribution >= 0.6 is 0 Å². The minimum Gasteiger partial charge on any atom is -0.493 e. The molecule has 1 N–H and O–H groups in total. The zero-order chi connectivity index (χ0) is 20.7. The topological polar surface area (TPSA) is 56.8 Å². The molecular weight excluding hydrogens is 387 g/mol. The summed E-state index contributed by atoms with van der Waals surface area (Å²) in [5.41, 5.74) is 1.77. The first-order valence-corrected chi connectivity index (χ1v) is 9.38. The van der Waals surface area contributed by atoms with Crippen molar-refractivity contribution >= 4 is 6.09 Å². The standard InChI is InChI=1S/C21H22F3NO4/c22-21(23,24)29-17-8-9-18-16(10-12-27-19(18)13-17)7-4-11-25-20(26)28-14-15-5-2-1-3-6-15/h1-3,5-6,8-9,13,16H,4,7,10-12,14H2,(H,25,26). The van der Waals surface area contributed by atoms with Gasteiger partial charge in [-0.25, -0.2) is 4.79 Å². The average molecular weight is 409 g/mol. The Balaban J connectivity index is 1.43. The van der Waals surface area contributed by atoms with Crippen LogP contribution in [0, 0.1) is 0 Å². The van der Waals surface area contributed by atoms with Gasteiger partial charge < -0.3 is 19.5 Å². The molecule has 0 spiro atoms. The van der Waals surface area contributed by atoms with Crippen LogP contribution in [0.4, 0.5) is 18.0 Å². The quantitative estimate of drug-likeness (QED) is 0.642. The number of hydrogen-bond acceptors (Lipinski definition) is 4. The summed E-state index contributed by atoms with van der Waals surface area (Å²) in [4.78, 5) is 11.8. The van der Waals surface area contributed by atoms with Gasteiger partial charge in [0.2, 0.25) is 0 Å². The summed E-state index contributed by atoms with van der Waals surface area (Å²) in [6, 6.07) is 13.6. The third-order valence-electron chi connectivity index (χ3n) is 4.59. The molecule has 1 atom stereocenters. The lowest BCUT2D eigenvalue weighted by atomic mass is 9.89. The van der Waals surface area contributed by atoms with E-state index in [1.807, 2.05) is 30.3 Å². The molecule has 0 saturated heterocycles. The molecular formula is C21H22F3NO4. The SMILES string of the molecule is O=C(NCCCC1CCOc2cc(OC(F)(F)F)ccc21)OCc1ccccc1. The van der Waals surface area contributed by atoms with E-state index in [1.165, 1.54) is 12.1 Å². The number of alkyl carbamates (subject to hydrolysis) is 1. The summed E-state index contributed by atoms with van der Waals surface area (Å²) >= 11 is 0. The number of nitrogens with one attached hydrogen (secondary N) is 1. The molecule has 0 saturated carbocycles. The third-order valence-corrected chi connectivity index (χ3v) is 4.59. The Labute approximate surface area is 166 Å². The summed E-state index contributed by atoms with van der Waals surface area (Å²) in [7, 11) is 0. The van der Waals surface area contributed by atoms with Gasteiger partial charge in [-0.2, -0.15) is 0 Å². The molecule has 0 aromatic heterocycles. The maximum Gasteiger partial charge on any atom is 0.573 e. The van der Waals surface area contributed by atoms with Crippen molar-refractivity contribution in [1.82, 2.24) is 5.32 Å². The predicted octanol–water partition coefficient (Wildman–Crippen LogP) is 5.16. The number of carbonyl (C=O) groups excluding carboxylic acids is 1. The van der Waals surface area contributed by atoms with E-state index < -0.39 is 12.5 Å². The van der Waals surface area contributed by atoms with E-state index in [9.17, 15) is 18.0 Å². The largest absolute Gasteiger partial charge is 0.573 e. The van der Waals surface area contributed by atoms with Crippen molar-refractivity contribution in [2.24, 2.45) is 0 Å². The van der Waals surface area contributed by atoms with Crippen LogP contribution in [0.3, 0.4) is 0 Å². The Morgan fingerprint density at radius 2 is 1.97 bits per heavy atom. The van der Waals surface area contributed by atoms with E-state index in [4.69, 9.17) is 9.47 Å². The molecule has 1 heterocycles. The zero-order valence-corrected chi connectivity index (χ0v) is 15.7. The number of benzene rings is 2. The minimum absolute atomic E-state index is 0.154. The molecule has 8 heteroatoms. The van der Waals surface area contributed by atoms with Crippen molar-refractivity contribution in [3.05, 3.63) is 59.7 Å². The summed E-state index contributed by atoms with van der Waals surface area (Å²) in [6.45, 7) is 1.09. The molecule has 156 valence electrons. The molecule has 1 unspecified atom stereocenters. The van der Waals surface area contributed by atoms with Crippen LogP contribution in [0.25, 0.3) is 0 Å². The maximum atomic E-state index is 12.4. The fourth-order valence-electron chi connectivity index (χ4n) is 3.25. The molecule has 1 aliphatic rings. The number of hydrogen-bond donors (Lipinski definition) is 1. The second-order valence-corrected chi connectivity index (χ2v) is 6.71. The number of fused-ring (bicyclic) bond motifs is 1. The number of alkyl halides is 3. The number of halogens is 3. The van der Waals surface area contributed by atoms with Gasteiger partial charge in [0.25, 0.3) is 0 Å². The van der Waals surface area contributed by atoms with Gasteiger partial charge in [0, 0.05) is 12.6 Å². The lowest BCUT2D eigenvalue weighted by Gasteiger charge is -2.26. The number of ether oxygens (including phenoxy) is 3. The zero-order valence-electron chi connectivity index (χ0n) is 15.7. The number of carbonyl (C=O) groups is 1. The van der Waals surface area contributed by atoms with Gasteiger partial charge in [-0.1, -0.05) is 36.4 Å². The minimum atomic E-state index is -4.73. The van der Waals surface area contributed by atoms with Crippen LogP contribution in [-0.4, -0.2) is 25.6 Å². The first-order chi connectivity index (χ1) is 13.9. The molecule has 0 radical (unpaired) electrons. The van der Waals surface area contributed by atoms with Crippen LogP contribution in [0.1, 0.15) is 36.3 Å². The van der Waals surface area contributed by atoms with E-state index in [0.717, 1.165) is 24.0 Å². The highest BCUT2D eigenvalue weighted by molar-refractivity contribution is 5.67. The van der Waals surface area contributed by atoms with Crippen LogP contribution in [0.5, 0.6) is 11.5 Å². The first kappa shape index (κ1) is 20.8. The highest BCUT2D eigenvalue weighted by atomic mass is 19.4. The molecule has 0 bridgehead atoms. The van der Waals surface area contributed by atoms with E-state index in [0.29, 0.717) is 25.3 Å². The highest BCUT2D eigenvalue weighted by Crippen LogP contribution is 2.39. The molecule has 1 amide bonds. The fourth-order valence-corrected chi connectivity index (χ4v) is 3.25. The lowest BCUT2D eigenvalue weighted by Crippen LogP contribution is -2.25. The van der Waals surface area contributed by atoms with E-state index in [2.05, 4.69) is 10.1 Å². The van der Waals surface area contributed by atoms with Gasteiger partial charge in [0.05, 0.1) is 6.61 Å². The summed E-state index contributed by atoms with van der Waals surface area (Å²) in [5.74, 6) is 0.277. The van der Waals surface area contributed by atoms with Crippen LogP contribution in [0.2, 0.25) is 0 Å². The Bertz CT molecular complexity index is 811. The van der Waals surface area contributed by atoms with Gasteiger partial charge in [0.1, 0.15) is 18.1 Å². The summed E-state index contributed by atoms with van der Waals surface area (Å²) < 4.78 is 51.7. The monoisotopic (exact) mass is 409 g/mol. The Morgan fingerprint density at radius 1 is 1.17 bits per heavy atom. The smallest absolute Gasteiger partial charge is 0.493 e. The fraction of sp³-hybridized carbons (Fsp3) is 0.381. The Morgan fingerprint density at radius 3 is 2.72 bits per heavy atom. The van der Waals surface area contributed by atoms with Crippen LogP contribution in [0.15, 0.2) is 48.5 Å². The first-order valence-electron chi connectivity index (χ1n) is 9.38. The molecule has 2 aromatic rings. The van der Waals surface area contributed by atoms with Crippen molar-refractivity contribution in [2.45, 2.75) is 38.1 Å². The van der Waals surface area contributed by atoms with E-state index >= 15 is 0 Å². The third kappa shape index (κ3) is 6.58. The van der Waals surface area contributed by atoms with E-state index in [1.54, 1.807) is 6.07 Å². The van der Waals surface area contributed by atoms with Gasteiger partial charge in [0.15, 0.2) is 0 Å². The molecule has 2 aromatic carbocycles. The average Bonchev–Trinajstić information content (AvgIpc) is 2.69. The van der Waals surface area contributed by atoms with Gasteiger partial charge >= 0.3 is 12.5 Å². The van der Waals surface area contributed by atoms with Gasteiger partial charge in [-0.15, -0.1) is 13.2 Å². The van der Waals surface area contributed by atoms with Gasteiger partial charge in [-0.3, -0.25) is 0 Å². The van der Waals surface area contributed by atoms with Crippen LogP contribution < -0.4 is 14.8 Å². The Kier molecular flexibility index (Phi) is 6.85. The van der Waals surface area contributed by atoms with Crippen molar-refractivity contribution in [3.8, 4) is 11.5 Å². The number of rotatable bonds is 7. The summed E-state index contributed by atoms with van der Waals surface area (Å²) in [6.07, 6.45) is -2.95. The van der Waals surface area contributed by atoms with Crippen molar-refractivity contribution in [1.29, 1.82) is 0 Å². The number of amides is 1. The molecule has 0 aliphatic carbocycles.